The predicted molar refractivity (Wildman–Crippen MR) is 126 cm³/mol. The third-order valence-electron chi connectivity index (χ3n) is 5.30. The van der Waals surface area contributed by atoms with Crippen molar-refractivity contribution in [2.24, 2.45) is 0 Å². The van der Waals surface area contributed by atoms with Crippen molar-refractivity contribution in [1.82, 2.24) is 0 Å². The van der Waals surface area contributed by atoms with Crippen molar-refractivity contribution in [3.63, 3.8) is 0 Å². The summed E-state index contributed by atoms with van der Waals surface area (Å²) in [5.74, 6) is -0.498. The van der Waals surface area contributed by atoms with Crippen LogP contribution in [0.25, 0.3) is 17.2 Å². The van der Waals surface area contributed by atoms with Crippen LogP contribution in [0.2, 0.25) is 0 Å². The van der Waals surface area contributed by atoms with Crippen molar-refractivity contribution in [3.8, 4) is 5.75 Å². The zero-order valence-corrected chi connectivity index (χ0v) is 17.7. The molecule has 0 fully saturated rings. The molecule has 3 aromatic carbocycles. The van der Waals surface area contributed by atoms with Crippen LogP contribution in [0.3, 0.4) is 0 Å². The van der Waals surface area contributed by atoms with Gasteiger partial charge in [0, 0.05) is 6.08 Å². The Hall–Kier alpha value is -4.12. The molecule has 1 aliphatic heterocycles. The highest BCUT2D eigenvalue weighted by Gasteiger charge is 2.19. The summed E-state index contributed by atoms with van der Waals surface area (Å²) in [5, 5.41) is 11.7. The van der Waals surface area contributed by atoms with Crippen LogP contribution in [0, 0.1) is 0 Å². The molecule has 160 valence electrons. The van der Waals surface area contributed by atoms with Gasteiger partial charge in [-0.25, -0.2) is 4.79 Å². The summed E-state index contributed by atoms with van der Waals surface area (Å²) in [6, 6.07) is 23.8. The van der Waals surface area contributed by atoms with Gasteiger partial charge in [0.25, 0.3) is 5.91 Å². The number of aliphatic carboxylic acids is 1. The Labute approximate surface area is 186 Å². The first-order valence-corrected chi connectivity index (χ1v) is 10.4. The smallest absolute Gasteiger partial charge is 0.328 e. The molecule has 0 aliphatic carbocycles. The SMILES string of the molecule is CC/C(=C(/c1ccc(/C=C/C(=O)O)cc1)c1ccc2c(c1)OCC(=O)N2)c1ccccc1. The Morgan fingerprint density at radius 3 is 2.41 bits per heavy atom. The predicted octanol–water partition coefficient (Wildman–Crippen LogP) is 5.48. The van der Waals surface area contributed by atoms with E-state index in [9.17, 15) is 9.59 Å². The zero-order chi connectivity index (χ0) is 22.5. The molecule has 5 heteroatoms. The number of hydrogen-bond donors (Lipinski definition) is 2. The highest BCUT2D eigenvalue weighted by molar-refractivity contribution is 6.00. The second-order valence-electron chi connectivity index (χ2n) is 7.41. The van der Waals surface area contributed by atoms with Gasteiger partial charge in [0.15, 0.2) is 6.61 Å². The third kappa shape index (κ3) is 4.62. The van der Waals surface area contributed by atoms with Crippen molar-refractivity contribution in [2.45, 2.75) is 13.3 Å². The summed E-state index contributed by atoms with van der Waals surface area (Å²) >= 11 is 0. The van der Waals surface area contributed by atoms with E-state index in [1.54, 1.807) is 6.08 Å². The Kier molecular flexibility index (Phi) is 6.17. The average Bonchev–Trinajstić information content (AvgIpc) is 2.82. The Bertz CT molecular complexity index is 1210. The number of carbonyl (C=O) groups excluding carboxylic acids is 1. The molecule has 32 heavy (non-hydrogen) atoms. The van der Waals surface area contributed by atoms with Crippen LogP contribution in [-0.4, -0.2) is 23.6 Å². The monoisotopic (exact) mass is 425 g/mol. The highest BCUT2D eigenvalue weighted by Crippen LogP contribution is 2.38. The number of fused-ring (bicyclic) bond motifs is 1. The van der Waals surface area contributed by atoms with Gasteiger partial charge in [-0.1, -0.05) is 67.6 Å². The van der Waals surface area contributed by atoms with Crippen molar-refractivity contribution >= 4 is 34.8 Å². The summed E-state index contributed by atoms with van der Waals surface area (Å²) in [4.78, 5) is 22.5. The summed E-state index contributed by atoms with van der Waals surface area (Å²) < 4.78 is 5.66. The second kappa shape index (κ2) is 9.35. The largest absolute Gasteiger partial charge is 0.482 e. The molecule has 0 bridgehead atoms. The molecule has 0 unspecified atom stereocenters. The number of anilines is 1. The lowest BCUT2D eigenvalue weighted by atomic mass is 9.87. The number of benzene rings is 3. The minimum Gasteiger partial charge on any atom is -0.482 e. The fraction of sp³-hybridized carbons (Fsp3) is 0.111. The molecule has 4 rings (SSSR count). The number of carboxylic acid groups (broad SMARTS) is 1. The minimum absolute atomic E-state index is 0.000565. The lowest BCUT2D eigenvalue weighted by Gasteiger charge is -2.21. The molecule has 1 heterocycles. The summed E-state index contributed by atoms with van der Waals surface area (Å²) in [6.07, 6.45) is 3.51. The highest BCUT2D eigenvalue weighted by atomic mass is 16.5. The zero-order valence-electron chi connectivity index (χ0n) is 17.7. The molecular formula is C27H23NO4. The van der Waals surface area contributed by atoms with Gasteiger partial charge in [-0.2, -0.15) is 0 Å². The molecule has 0 saturated heterocycles. The molecule has 0 saturated carbocycles. The van der Waals surface area contributed by atoms with E-state index >= 15 is 0 Å². The van der Waals surface area contributed by atoms with Crippen LogP contribution in [0.4, 0.5) is 5.69 Å². The van der Waals surface area contributed by atoms with E-state index in [2.05, 4.69) is 24.4 Å². The van der Waals surface area contributed by atoms with Gasteiger partial charge >= 0.3 is 5.97 Å². The first-order chi connectivity index (χ1) is 15.5. The van der Waals surface area contributed by atoms with E-state index in [-0.39, 0.29) is 12.5 Å². The number of amides is 1. The number of rotatable bonds is 6. The van der Waals surface area contributed by atoms with Crippen molar-refractivity contribution in [3.05, 3.63) is 101 Å². The van der Waals surface area contributed by atoms with Gasteiger partial charge in [0.1, 0.15) is 5.75 Å². The van der Waals surface area contributed by atoms with Gasteiger partial charge in [-0.15, -0.1) is 0 Å². The molecule has 0 atom stereocenters. The summed E-state index contributed by atoms with van der Waals surface area (Å²) in [5.41, 5.74) is 6.84. The van der Waals surface area contributed by atoms with Gasteiger partial charge in [-0.05, 0) is 58.0 Å². The first-order valence-electron chi connectivity index (χ1n) is 10.4. The topological polar surface area (TPSA) is 75.6 Å². The van der Waals surface area contributed by atoms with Crippen molar-refractivity contribution in [2.75, 3.05) is 11.9 Å². The number of carboxylic acids is 1. The van der Waals surface area contributed by atoms with Crippen LogP contribution in [0.1, 0.15) is 35.6 Å². The summed E-state index contributed by atoms with van der Waals surface area (Å²) in [7, 11) is 0. The van der Waals surface area contributed by atoms with E-state index in [0.717, 1.165) is 40.3 Å². The van der Waals surface area contributed by atoms with Crippen LogP contribution < -0.4 is 10.1 Å². The number of hydrogen-bond acceptors (Lipinski definition) is 3. The molecule has 5 nitrogen and oxygen atoms in total. The summed E-state index contributed by atoms with van der Waals surface area (Å²) in [6.45, 7) is 2.13. The molecule has 3 aromatic rings. The molecular weight excluding hydrogens is 402 g/mol. The fourth-order valence-electron chi connectivity index (χ4n) is 3.84. The van der Waals surface area contributed by atoms with Crippen LogP contribution >= 0.6 is 0 Å². The second-order valence-corrected chi connectivity index (χ2v) is 7.41. The minimum atomic E-state index is -0.979. The maximum atomic E-state index is 11.6. The van der Waals surface area contributed by atoms with Gasteiger partial charge in [0.05, 0.1) is 5.69 Å². The lowest BCUT2D eigenvalue weighted by Crippen LogP contribution is -2.25. The van der Waals surface area contributed by atoms with Crippen LogP contribution in [0.15, 0.2) is 78.9 Å². The number of nitrogens with one attached hydrogen (secondary N) is 1. The van der Waals surface area contributed by atoms with E-state index in [1.165, 1.54) is 5.57 Å². The normalized spacial score (nSPS) is 13.7. The quantitative estimate of drug-likeness (QED) is 0.405. The van der Waals surface area contributed by atoms with E-state index in [0.29, 0.717) is 11.4 Å². The first kappa shape index (κ1) is 21.1. The van der Waals surface area contributed by atoms with Gasteiger partial charge in [0.2, 0.25) is 0 Å². The van der Waals surface area contributed by atoms with Crippen LogP contribution in [-0.2, 0) is 9.59 Å². The molecule has 0 aromatic heterocycles. The van der Waals surface area contributed by atoms with Crippen LogP contribution in [0.5, 0.6) is 5.75 Å². The number of allylic oxidation sites excluding steroid dienone is 1. The third-order valence-corrected chi connectivity index (χ3v) is 5.30. The Morgan fingerprint density at radius 2 is 1.72 bits per heavy atom. The molecule has 2 N–H and O–H groups in total. The van der Waals surface area contributed by atoms with Crippen molar-refractivity contribution in [1.29, 1.82) is 0 Å². The van der Waals surface area contributed by atoms with Crippen molar-refractivity contribution < 1.29 is 19.4 Å². The maximum Gasteiger partial charge on any atom is 0.328 e. The molecule has 1 aliphatic rings. The van der Waals surface area contributed by atoms with Gasteiger partial charge < -0.3 is 15.2 Å². The Balaban J connectivity index is 1.86. The van der Waals surface area contributed by atoms with Gasteiger partial charge in [-0.3, -0.25) is 4.79 Å². The van der Waals surface area contributed by atoms with E-state index in [4.69, 9.17) is 9.84 Å². The number of ether oxygens (including phenoxy) is 1. The van der Waals surface area contributed by atoms with E-state index < -0.39 is 5.97 Å². The van der Waals surface area contributed by atoms with E-state index in [1.807, 2.05) is 60.7 Å². The average molecular weight is 425 g/mol. The number of carbonyl (C=O) groups is 2. The fourth-order valence-corrected chi connectivity index (χ4v) is 3.84. The lowest BCUT2D eigenvalue weighted by molar-refractivity contribution is -0.131. The standard InChI is InChI=1S/C27H23NO4/c1-2-22(19-6-4-3-5-7-19)27(20-11-8-18(9-12-20)10-15-26(30)31)21-13-14-23-24(16-21)32-17-25(29)28-23/h3-16H,2,17H2,1H3,(H,28,29)(H,30,31)/b15-10+,27-22+. The molecule has 0 radical (unpaired) electrons. The molecule has 1 amide bonds. The molecule has 0 spiro atoms. The maximum absolute atomic E-state index is 11.6. The Morgan fingerprint density at radius 1 is 1.00 bits per heavy atom.